The Morgan fingerprint density at radius 1 is 1.37 bits per heavy atom. The number of carbonyl (C=O) groups is 2. The molecule has 4 rings (SSSR count). The minimum Gasteiger partial charge on any atom is -0.424 e. The number of rotatable bonds is 12. The lowest BCUT2D eigenvalue weighted by Gasteiger charge is -2.25. The third-order valence-corrected chi connectivity index (χ3v) is 9.09. The molecule has 6 atom stereocenters. The predicted molar refractivity (Wildman–Crippen MR) is 147 cm³/mol. The van der Waals surface area contributed by atoms with Gasteiger partial charge in [-0.2, -0.15) is 4.98 Å². The minimum atomic E-state index is -4.13. The third-order valence-electron chi connectivity index (χ3n) is 6.67. The van der Waals surface area contributed by atoms with Crippen LogP contribution in [0, 0.1) is 5.92 Å². The van der Waals surface area contributed by atoms with Gasteiger partial charge in [-0.15, -0.1) is 0 Å². The number of nitrogens with one attached hydrogen (secondary N) is 1. The number of aromatic amines is 1. The van der Waals surface area contributed by atoms with Crippen molar-refractivity contribution in [3.8, 4) is 5.75 Å². The van der Waals surface area contributed by atoms with E-state index in [0.717, 1.165) is 10.9 Å². The summed E-state index contributed by atoms with van der Waals surface area (Å²) in [6.45, 7) is 3.69. The first kappa shape index (κ1) is 30.8. The number of hydrogen-bond donors (Lipinski definition) is 3. The highest BCUT2D eigenvalue weighted by molar-refractivity contribution is 7.54. The Labute approximate surface area is 238 Å². The Hall–Kier alpha value is -3.16. The molecule has 1 fully saturated rings. The highest BCUT2D eigenvalue weighted by Crippen LogP contribution is 2.52. The number of nitrogen functional groups attached to an aromatic ring is 1. The molecule has 41 heavy (non-hydrogen) atoms. The summed E-state index contributed by atoms with van der Waals surface area (Å²) in [5.41, 5.74) is 5.22. The van der Waals surface area contributed by atoms with Gasteiger partial charge in [0.05, 0.1) is 19.1 Å². The number of ketones is 2. The SMILES string of the molecule is CC(=O)CCc1ccccc1OP(=O)(C[C@@H](C)C(C)=O)OC[C@H]1O[C@@H](n2cnc3c(=O)[nH]c(N)nc32)[C@@](F)(Cl)C1O. The number of nitrogens with two attached hydrogens (primary N) is 1. The number of aryl methyl sites for hydroxylation is 1. The number of aliphatic hydroxyl groups is 1. The number of fused-ring (bicyclic) bond motifs is 1. The van der Waals surface area contributed by atoms with Gasteiger partial charge in [-0.3, -0.25) is 23.7 Å². The van der Waals surface area contributed by atoms with Gasteiger partial charge >= 0.3 is 7.60 Å². The van der Waals surface area contributed by atoms with Crippen LogP contribution in [-0.2, 0) is 29.8 Å². The fraction of sp³-hybridized carbons (Fsp3) is 0.480. The Balaban J connectivity index is 1.58. The van der Waals surface area contributed by atoms with E-state index in [2.05, 4.69) is 15.0 Å². The second kappa shape index (κ2) is 12.0. The van der Waals surface area contributed by atoms with E-state index in [4.69, 9.17) is 31.1 Å². The number of H-pyrrole nitrogens is 1. The van der Waals surface area contributed by atoms with Gasteiger partial charge in [0, 0.05) is 12.3 Å². The van der Waals surface area contributed by atoms with Crippen molar-refractivity contribution >= 4 is 47.9 Å². The van der Waals surface area contributed by atoms with Crippen molar-refractivity contribution in [3.05, 3.63) is 46.5 Å². The molecule has 0 bridgehead atoms. The number of halogens is 2. The van der Waals surface area contributed by atoms with Crippen molar-refractivity contribution in [3.63, 3.8) is 0 Å². The van der Waals surface area contributed by atoms with Crippen LogP contribution in [0.4, 0.5) is 10.3 Å². The maximum atomic E-state index is 15.7. The van der Waals surface area contributed by atoms with Gasteiger partial charge in [0.15, 0.2) is 17.4 Å². The van der Waals surface area contributed by atoms with E-state index in [0.29, 0.717) is 12.0 Å². The van der Waals surface area contributed by atoms with E-state index in [1.54, 1.807) is 31.2 Å². The number of hydrogen-bond acceptors (Lipinski definition) is 11. The van der Waals surface area contributed by atoms with Crippen LogP contribution >= 0.6 is 19.2 Å². The van der Waals surface area contributed by atoms with Crippen molar-refractivity contribution in [1.82, 2.24) is 19.5 Å². The molecule has 0 radical (unpaired) electrons. The molecule has 1 aliphatic rings. The van der Waals surface area contributed by atoms with Crippen LogP contribution in [0.25, 0.3) is 11.2 Å². The van der Waals surface area contributed by atoms with E-state index in [-0.39, 0.29) is 47.0 Å². The second-order valence-electron chi connectivity index (χ2n) is 9.92. The molecule has 1 aromatic carbocycles. The van der Waals surface area contributed by atoms with Gasteiger partial charge < -0.3 is 24.9 Å². The number of para-hydroxylation sites is 1. The monoisotopic (exact) mass is 613 g/mol. The van der Waals surface area contributed by atoms with Crippen LogP contribution in [0.1, 0.15) is 39.0 Å². The summed E-state index contributed by atoms with van der Waals surface area (Å²) in [6.07, 6.45) is -3.90. The Kier molecular flexibility index (Phi) is 9.00. The first-order valence-corrected chi connectivity index (χ1v) is 14.8. The number of anilines is 1. The number of ether oxygens (including phenoxy) is 1. The van der Waals surface area contributed by atoms with Gasteiger partial charge in [0.25, 0.3) is 10.7 Å². The summed E-state index contributed by atoms with van der Waals surface area (Å²) < 4.78 is 47.8. The highest BCUT2D eigenvalue weighted by Gasteiger charge is 2.58. The summed E-state index contributed by atoms with van der Waals surface area (Å²) in [4.78, 5) is 45.8. The Bertz CT molecular complexity index is 1560. The normalized spacial score (nSPS) is 24.7. The Morgan fingerprint density at radius 3 is 2.76 bits per heavy atom. The van der Waals surface area contributed by atoms with Crippen molar-refractivity contribution in [1.29, 1.82) is 0 Å². The number of imidazole rings is 1. The highest BCUT2D eigenvalue weighted by atomic mass is 35.5. The molecule has 222 valence electrons. The lowest BCUT2D eigenvalue weighted by atomic mass is 10.1. The van der Waals surface area contributed by atoms with Crippen LogP contribution in [0.15, 0.2) is 35.4 Å². The van der Waals surface area contributed by atoms with Crippen LogP contribution in [0.3, 0.4) is 0 Å². The largest absolute Gasteiger partial charge is 0.424 e. The molecule has 13 nitrogen and oxygen atoms in total. The molecular formula is C25H30ClFN5O8P. The maximum Gasteiger partial charge on any atom is 0.380 e. The second-order valence-corrected chi connectivity index (χ2v) is 12.5. The number of nitrogens with zero attached hydrogens (tertiary/aromatic N) is 3. The smallest absolute Gasteiger partial charge is 0.380 e. The topological polar surface area (TPSA) is 189 Å². The first-order chi connectivity index (χ1) is 19.2. The van der Waals surface area contributed by atoms with E-state index in [1.165, 1.54) is 13.8 Å². The number of aliphatic hydroxyl groups excluding tert-OH is 1. The molecule has 16 heteroatoms. The molecule has 2 unspecified atom stereocenters. The zero-order valence-electron chi connectivity index (χ0n) is 22.5. The minimum absolute atomic E-state index is 0.0460. The van der Waals surface area contributed by atoms with E-state index in [9.17, 15) is 24.1 Å². The van der Waals surface area contributed by atoms with Crippen LogP contribution in [-0.4, -0.2) is 66.3 Å². The quantitative estimate of drug-likeness (QED) is 0.201. The summed E-state index contributed by atoms with van der Waals surface area (Å²) in [6, 6.07) is 6.63. The summed E-state index contributed by atoms with van der Waals surface area (Å²) in [7, 11) is -4.13. The molecule has 3 aromatic rings. The van der Waals surface area contributed by atoms with Crippen LogP contribution in [0.5, 0.6) is 5.75 Å². The van der Waals surface area contributed by atoms with Gasteiger partial charge in [-0.05, 0) is 31.9 Å². The number of alkyl halides is 2. The van der Waals surface area contributed by atoms with Crippen molar-refractivity contribution in [2.24, 2.45) is 5.92 Å². The lowest BCUT2D eigenvalue weighted by molar-refractivity contribution is -0.120. The molecule has 4 N–H and O–H groups in total. The zero-order valence-corrected chi connectivity index (χ0v) is 24.1. The predicted octanol–water partition coefficient (Wildman–Crippen LogP) is 2.90. The molecule has 0 saturated carbocycles. The molecule has 2 aromatic heterocycles. The standard InChI is InChI=1S/C25H30ClFN5O8P/c1-13(15(3)34)11-41(37,40-17-7-5-4-6-16(17)9-8-14(2)33)38-10-18-20(35)25(26,27)23(39-18)32-12-29-19-21(32)30-24(28)31-22(19)36/h4-7,12-13,18,20,23,35H,8-11H2,1-3H3,(H3,28,30,31,36)/t13-,18-,20?,23-,25-,41?/m1/s1. The van der Waals surface area contributed by atoms with Gasteiger partial charge in [-0.1, -0.05) is 36.7 Å². The van der Waals surface area contributed by atoms with E-state index < -0.39 is 49.2 Å². The van der Waals surface area contributed by atoms with Crippen molar-refractivity contribution in [2.45, 2.75) is 57.2 Å². The third kappa shape index (κ3) is 6.68. The van der Waals surface area contributed by atoms with E-state index in [1.807, 2.05) is 0 Å². The Morgan fingerprint density at radius 2 is 2.07 bits per heavy atom. The number of carbonyl (C=O) groups excluding carboxylic acids is 2. The summed E-state index contributed by atoms with van der Waals surface area (Å²) >= 11 is 6.07. The molecule has 1 saturated heterocycles. The first-order valence-electron chi connectivity index (χ1n) is 12.7. The summed E-state index contributed by atoms with van der Waals surface area (Å²) in [5, 5.41) is 7.77. The lowest BCUT2D eigenvalue weighted by Crippen LogP contribution is -2.38. The number of Topliss-reactive ketones (excluding diaryl/α,β-unsaturated/α-hetero) is 2. The maximum absolute atomic E-state index is 15.7. The fourth-order valence-corrected chi connectivity index (χ4v) is 6.56. The van der Waals surface area contributed by atoms with Gasteiger partial charge in [0.1, 0.15) is 29.5 Å². The number of benzene rings is 1. The van der Waals surface area contributed by atoms with Crippen LogP contribution in [0.2, 0.25) is 0 Å². The average Bonchev–Trinajstić information content (AvgIpc) is 3.40. The molecule has 0 amide bonds. The average molecular weight is 614 g/mol. The molecule has 3 heterocycles. The molecular weight excluding hydrogens is 584 g/mol. The van der Waals surface area contributed by atoms with Gasteiger partial charge in [0.2, 0.25) is 5.95 Å². The fourth-order valence-electron chi connectivity index (χ4n) is 4.25. The molecule has 1 aliphatic heterocycles. The van der Waals surface area contributed by atoms with Crippen molar-refractivity contribution in [2.75, 3.05) is 18.5 Å². The molecule has 0 spiro atoms. The van der Waals surface area contributed by atoms with Gasteiger partial charge in [-0.25, -0.2) is 13.9 Å². The zero-order chi connectivity index (χ0) is 30.1. The summed E-state index contributed by atoms with van der Waals surface area (Å²) in [5.74, 6) is -1.11. The molecule has 0 aliphatic carbocycles. The number of aromatic nitrogens is 4. The van der Waals surface area contributed by atoms with E-state index >= 15 is 4.39 Å². The van der Waals surface area contributed by atoms with Crippen LogP contribution < -0.4 is 15.8 Å². The van der Waals surface area contributed by atoms with Crippen molar-refractivity contribution < 1.29 is 37.4 Å².